The second-order valence-electron chi connectivity index (χ2n) is 5.17. The molecule has 1 aliphatic rings. The molecule has 2 aromatic rings. The third-order valence-corrected chi connectivity index (χ3v) is 3.93. The molecule has 1 N–H and O–H groups in total. The van der Waals surface area contributed by atoms with Gasteiger partial charge >= 0.3 is 0 Å². The first-order valence-corrected chi connectivity index (χ1v) is 7.08. The average Bonchev–Trinajstić information content (AvgIpc) is 2.99. The largest absolute Gasteiger partial charge is 0.351 e. The van der Waals surface area contributed by atoms with E-state index in [1.54, 1.807) is 17.1 Å². The smallest absolute Gasteiger partial charge is 0.244 e. The Morgan fingerprint density at radius 3 is 3.05 bits per heavy atom. The standard InChI is InChI=1S/C15H16ClN3O/c1-10(19-7-3-6-17-19)15(20)18-14-9-13(14)11-4-2-5-12(16)8-11/h2-8,10,13-14H,9H2,1H3,(H,18,20)/t10-,13+,14+/m1/s1. The molecule has 0 saturated heterocycles. The molecule has 0 bridgehead atoms. The van der Waals surface area contributed by atoms with E-state index in [2.05, 4.69) is 16.5 Å². The fourth-order valence-electron chi connectivity index (χ4n) is 2.39. The molecule has 0 unspecified atom stereocenters. The molecule has 1 saturated carbocycles. The Bertz CT molecular complexity index is 611. The lowest BCUT2D eigenvalue weighted by molar-refractivity contribution is -0.124. The SMILES string of the molecule is C[C@H](C(=O)N[C@H]1C[C@H]1c1cccc(Cl)c1)n1cccn1. The van der Waals surface area contributed by atoms with Gasteiger partial charge in [0, 0.05) is 29.4 Å². The van der Waals surface area contributed by atoms with E-state index >= 15 is 0 Å². The molecule has 0 radical (unpaired) electrons. The summed E-state index contributed by atoms with van der Waals surface area (Å²) in [6.07, 6.45) is 4.44. The van der Waals surface area contributed by atoms with Crippen LogP contribution in [0.5, 0.6) is 0 Å². The van der Waals surface area contributed by atoms with Crippen LogP contribution in [-0.4, -0.2) is 21.7 Å². The summed E-state index contributed by atoms with van der Waals surface area (Å²) < 4.78 is 1.66. The summed E-state index contributed by atoms with van der Waals surface area (Å²) in [6.45, 7) is 1.85. The number of hydrogen-bond acceptors (Lipinski definition) is 2. The number of amides is 1. The highest BCUT2D eigenvalue weighted by Crippen LogP contribution is 2.41. The molecule has 1 fully saturated rings. The minimum atomic E-state index is -0.286. The van der Waals surface area contributed by atoms with Crippen LogP contribution in [0.15, 0.2) is 42.7 Å². The van der Waals surface area contributed by atoms with Crippen LogP contribution in [0.1, 0.15) is 30.9 Å². The highest BCUT2D eigenvalue weighted by atomic mass is 35.5. The number of hydrogen-bond donors (Lipinski definition) is 1. The first-order chi connectivity index (χ1) is 9.65. The molecule has 4 nitrogen and oxygen atoms in total. The van der Waals surface area contributed by atoms with Gasteiger partial charge in [0.25, 0.3) is 0 Å². The number of rotatable bonds is 4. The lowest BCUT2D eigenvalue weighted by atomic mass is 10.1. The normalized spacial score (nSPS) is 22.3. The Balaban J connectivity index is 1.59. The van der Waals surface area contributed by atoms with Crippen molar-refractivity contribution in [3.05, 3.63) is 53.3 Å². The molecular weight excluding hydrogens is 274 g/mol. The third kappa shape index (κ3) is 2.70. The predicted octanol–water partition coefficient (Wildman–Crippen LogP) is 2.77. The summed E-state index contributed by atoms with van der Waals surface area (Å²) in [5.74, 6) is 0.380. The second kappa shape index (κ2) is 5.29. The van der Waals surface area contributed by atoms with E-state index in [1.165, 1.54) is 5.56 Å². The van der Waals surface area contributed by atoms with Gasteiger partial charge in [-0.3, -0.25) is 9.48 Å². The minimum Gasteiger partial charge on any atom is -0.351 e. The lowest BCUT2D eigenvalue weighted by Gasteiger charge is -2.12. The maximum absolute atomic E-state index is 12.1. The van der Waals surface area contributed by atoms with Crippen molar-refractivity contribution in [2.45, 2.75) is 31.3 Å². The van der Waals surface area contributed by atoms with Gasteiger partial charge in [0.1, 0.15) is 6.04 Å². The van der Waals surface area contributed by atoms with Crippen molar-refractivity contribution in [2.24, 2.45) is 0 Å². The average molecular weight is 290 g/mol. The third-order valence-electron chi connectivity index (χ3n) is 3.70. The number of halogens is 1. The fourth-order valence-corrected chi connectivity index (χ4v) is 2.59. The van der Waals surface area contributed by atoms with E-state index in [1.807, 2.05) is 31.2 Å². The fraction of sp³-hybridized carbons (Fsp3) is 0.333. The predicted molar refractivity (Wildman–Crippen MR) is 77.7 cm³/mol. The van der Waals surface area contributed by atoms with Gasteiger partial charge in [-0.15, -0.1) is 0 Å². The molecule has 1 aromatic carbocycles. The Morgan fingerprint density at radius 1 is 1.50 bits per heavy atom. The highest BCUT2D eigenvalue weighted by Gasteiger charge is 2.40. The Hall–Kier alpha value is -1.81. The molecule has 0 spiro atoms. The monoisotopic (exact) mass is 289 g/mol. The van der Waals surface area contributed by atoms with Crippen LogP contribution in [0.25, 0.3) is 0 Å². The highest BCUT2D eigenvalue weighted by molar-refractivity contribution is 6.30. The van der Waals surface area contributed by atoms with Gasteiger partial charge in [-0.2, -0.15) is 5.10 Å². The molecule has 5 heteroatoms. The zero-order valence-electron chi connectivity index (χ0n) is 11.2. The maximum Gasteiger partial charge on any atom is 0.244 e. The van der Waals surface area contributed by atoms with Gasteiger partial charge in [-0.25, -0.2) is 0 Å². The Kier molecular flexibility index (Phi) is 3.49. The van der Waals surface area contributed by atoms with Crippen LogP contribution in [0.4, 0.5) is 0 Å². The summed E-state index contributed by atoms with van der Waals surface area (Å²) in [5, 5.41) is 7.90. The van der Waals surface area contributed by atoms with Crippen LogP contribution in [0, 0.1) is 0 Å². The van der Waals surface area contributed by atoms with E-state index in [-0.39, 0.29) is 18.0 Å². The summed E-state index contributed by atoms with van der Waals surface area (Å²) in [7, 11) is 0. The molecular formula is C15H16ClN3O. The van der Waals surface area contributed by atoms with Crippen molar-refractivity contribution in [3.8, 4) is 0 Å². The van der Waals surface area contributed by atoms with Gasteiger partial charge in [0.05, 0.1) is 0 Å². The summed E-state index contributed by atoms with van der Waals surface area (Å²) in [5.41, 5.74) is 1.19. The number of aromatic nitrogens is 2. The Labute approximate surface area is 122 Å². The molecule has 3 rings (SSSR count). The van der Waals surface area contributed by atoms with E-state index in [0.29, 0.717) is 5.92 Å². The zero-order valence-corrected chi connectivity index (χ0v) is 11.9. The first-order valence-electron chi connectivity index (χ1n) is 6.70. The Morgan fingerprint density at radius 2 is 2.35 bits per heavy atom. The number of nitrogens with one attached hydrogen (secondary N) is 1. The molecule has 20 heavy (non-hydrogen) atoms. The van der Waals surface area contributed by atoms with Crippen LogP contribution in [-0.2, 0) is 4.79 Å². The van der Waals surface area contributed by atoms with Gasteiger partial charge in [-0.1, -0.05) is 23.7 Å². The maximum atomic E-state index is 12.1. The molecule has 1 amide bonds. The first kappa shape index (κ1) is 13.2. The van der Waals surface area contributed by atoms with Gasteiger partial charge in [0.15, 0.2) is 0 Å². The van der Waals surface area contributed by atoms with E-state index in [9.17, 15) is 4.79 Å². The van der Waals surface area contributed by atoms with Gasteiger partial charge in [0.2, 0.25) is 5.91 Å². The molecule has 1 aliphatic carbocycles. The number of carbonyl (C=O) groups excluding carboxylic acids is 1. The van der Waals surface area contributed by atoms with E-state index in [4.69, 9.17) is 11.6 Å². The number of carbonyl (C=O) groups is 1. The van der Waals surface area contributed by atoms with Crippen LogP contribution < -0.4 is 5.32 Å². The number of nitrogens with zero attached hydrogens (tertiary/aromatic N) is 2. The summed E-state index contributed by atoms with van der Waals surface area (Å²) in [4.78, 5) is 12.1. The molecule has 1 heterocycles. The van der Waals surface area contributed by atoms with Crippen molar-refractivity contribution in [1.29, 1.82) is 0 Å². The quantitative estimate of drug-likeness (QED) is 0.941. The minimum absolute atomic E-state index is 0.00299. The molecule has 1 aromatic heterocycles. The van der Waals surface area contributed by atoms with Crippen LogP contribution in [0.2, 0.25) is 5.02 Å². The van der Waals surface area contributed by atoms with Crippen LogP contribution in [0.3, 0.4) is 0 Å². The molecule has 104 valence electrons. The summed E-state index contributed by atoms with van der Waals surface area (Å²) in [6, 6.07) is 9.57. The molecule has 3 atom stereocenters. The van der Waals surface area contributed by atoms with Crippen molar-refractivity contribution >= 4 is 17.5 Å². The lowest BCUT2D eigenvalue weighted by Crippen LogP contribution is -2.33. The zero-order chi connectivity index (χ0) is 14.1. The van der Waals surface area contributed by atoms with Crippen LogP contribution >= 0.6 is 11.6 Å². The second-order valence-corrected chi connectivity index (χ2v) is 5.61. The number of benzene rings is 1. The van der Waals surface area contributed by atoms with Crippen molar-refractivity contribution in [3.63, 3.8) is 0 Å². The van der Waals surface area contributed by atoms with E-state index < -0.39 is 0 Å². The molecule has 0 aliphatic heterocycles. The van der Waals surface area contributed by atoms with Crippen molar-refractivity contribution in [2.75, 3.05) is 0 Å². The topological polar surface area (TPSA) is 46.9 Å². The van der Waals surface area contributed by atoms with Crippen molar-refractivity contribution in [1.82, 2.24) is 15.1 Å². The van der Waals surface area contributed by atoms with E-state index in [0.717, 1.165) is 11.4 Å². The van der Waals surface area contributed by atoms with Gasteiger partial charge in [-0.05, 0) is 37.1 Å². The summed E-state index contributed by atoms with van der Waals surface area (Å²) >= 11 is 5.99. The van der Waals surface area contributed by atoms with Gasteiger partial charge < -0.3 is 5.32 Å². The van der Waals surface area contributed by atoms with Crippen molar-refractivity contribution < 1.29 is 4.79 Å².